The van der Waals surface area contributed by atoms with Gasteiger partial charge in [-0.2, -0.15) is 0 Å². The Balaban J connectivity index is 2.28. The molecule has 0 atom stereocenters. The Morgan fingerprint density at radius 3 is 2.35 bits per heavy atom. The summed E-state index contributed by atoms with van der Waals surface area (Å²) in [5, 5.41) is 2.31. The maximum Gasteiger partial charge on any atom is 0.255 e. The molecule has 2 rings (SSSR count). The van der Waals surface area contributed by atoms with E-state index in [1.54, 1.807) is 25.1 Å². The van der Waals surface area contributed by atoms with Gasteiger partial charge in [0.1, 0.15) is 0 Å². The first-order chi connectivity index (χ1) is 9.38. The quantitative estimate of drug-likeness (QED) is 0.642. The van der Waals surface area contributed by atoms with E-state index < -0.39 is 5.82 Å². The molecule has 3 N–H and O–H groups in total. The molecule has 1 amide bonds. The second-order valence-electron chi connectivity index (χ2n) is 4.28. The van der Waals surface area contributed by atoms with E-state index in [1.165, 1.54) is 12.1 Å². The Hall–Kier alpha value is -1.78. The third-order valence-corrected chi connectivity index (χ3v) is 3.29. The number of benzene rings is 2. The zero-order chi connectivity index (χ0) is 14.9. The molecule has 0 bridgehead atoms. The van der Waals surface area contributed by atoms with E-state index in [0.717, 1.165) is 5.56 Å². The fourth-order valence-corrected chi connectivity index (χ4v) is 2.25. The lowest BCUT2D eigenvalue weighted by atomic mass is 10.1. The Bertz CT molecular complexity index is 666. The summed E-state index contributed by atoms with van der Waals surface area (Å²) < 4.78 is 13.3. The van der Waals surface area contributed by atoms with Gasteiger partial charge in [0.15, 0.2) is 5.82 Å². The summed E-state index contributed by atoms with van der Waals surface area (Å²) in [6, 6.07) is 7.54. The number of carbonyl (C=O) groups excluding carboxylic acids is 1. The Kier molecular flexibility index (Phi) is 4.16. The van der Waals surface area contributed by atoms with E-state index >= 15 is 0 Å². The Morgan fingerprint density at radius 1 is 1.20 bits per heavy atom. The smallest absolute Gasteiger partial charge is 0.255 e. The minimum atomic E-state index is -0.713. The topological polar surface area (TPSA) is 55.1 Å². The fourth-order valence-electron chi connectivity index (χ4n) is 1.77. The van der Waals surface area contributed by atoms with Crippen LogP contribution in [0.4, 0.5) is 15.8 Å². The molecular weight excluding hydrogens is 302 g/mol. The van der Waals surface area contributed by atoms with Crippen molar-refractivity contribution < 1.29 is 9.18 Å². The minimum absolute atomic E-state index is 0.151. The van der Waals surface area contributed by atoms with Gasteiger partial charge >= 0.3 is 0 Å². The van der Waals surface area contributed by atoms with Crippen molar-refractivity contribution in [3.05, 3.63) is 57.3 Å². The molecular formula is C14H11Cl2FN2O. The van der Waals surface area contributed by atoms with E-state index in [-0.39, 0.29) is 16.0 Å². The van der Waals surface area contributed by atoms with Crippen molar-refractivity contribution in [2.75, 3.05) is 11.1 Å². The zero-order valence-corrected chi connectivity index (χ0v) is 12.0. The average molecular weight is 313 g/mol. The lowest BCUT2D eigenvalue weighted by Crippen LogP contribution is -2.13. The van der Waals surface area contributed by atoms with Crippen molar-refractivity contribution >= 4 is 40.5 Å². The van der Waals surface area contributed by atoms with Crippen LogP contribution in [0, 0.1) is 12.7 Å². The second kappa shape index (κ2) is 5.69. The first-order valence-corrected chi connectivity index (χ1v) is 6.46. The molecule has 0 aromatic heterocycles. The van der Waals surface area contributed by atoms with Crippen LogP contribution >= 0.6 is 23.2 Å². The first-order valence-electron chi connectivity index (χ1n) is 5.70. The number of nitrogen functional groups attached to an aromatic ring is 1. The maximum atomic E-state index is 13.3. The molecule has 2 aromatic carbocycles. The minimum Gasteiger partial charge on any atom is -0.399 e. The third kappa shape index (κ3) is 3.03. The van der Waals surface area contributed by atoms with Crippen molar-refractivity contribution in [3.63, 3.8) is 0 Å². The van der Waals surface area contributed by atoms with Gasteiger partial charge in [0.25, 0.3) is 5.91 Å². The summed E-state index contributed by atoms with van der Waals surface area (Å²) in [4.78, 5) is 12.1. The highest BCUT2D eigenvalue weighted by atomic mass is 35.5. The number of anilines is 2. The molecule has 0 aliphatic rings. The van der Waals surface area contributed by atoms with Gasteiger partial charge in [0.2, 0.25) is 0 Å². The number of carbonyl (C=O) groups is 1. The molecule has 0 fully saturated rings. The van der Waals surface area contributed by atoms with E-state index in [9.17, 15) is 9.18 Å². The van der Waals surface area contributed by atoms with Gasteiger partial charge in [-0.25, -0.2) is 4.39 Å². The molecule has 0 spiro atoms. The van der Waals surface area contributed by atoms with Crippen LogP contribution < -0.4 is 11.1 Å². The van der Waals surface area contributed by atoms with Crippen LogP contribution in [-0.2, 0) is 0 Å². The monoisotopic (exact) mass is 312 g/mol. The second-order valence-corrected chi connectivity index (χ2v) is 5.10. The van der Waals surface area contributed by atoms with Crippen LogP contribution in [0.2, 0.25) is 10.0 Å². The molecule has 104 valence electrons. The van der Waals surface area contributed by atoms with Crippen LogP contribution in [0.25, 0.3) is 0 Å². The fraction of sp³-hybridized carbons (Fsp3) is 0.0714. The maximum absolute atomic E-state index is 13.3. The molecule has 0 unspecified atom stereocenters. The predicted molar refractivity (Wildman–Crippen MR) is 80.0 cm³/mol. The van der Waals surface area contributed by atoms with Gasteiger partial charge in [-0.3, -0.25) is 4.79 Å². The van der Waals surface area contributed by atoms with Crippen molar-refractivity contribution in [1.29, 1.82) is 0 Å². The van der Waals surface area contributed by atoms with Crippen LogP contribution in [0.5, 0.6) is 0 Å². The summed E-state index contributed by atoms with van der Waals surface area (Å²) in [6.07, 6.45) is 0. The number of halogens is 3. The van der Waals surface area contributed by atoms with Gasteiger partial charge in [-0.1, -0.05) is 23.2 Å². The van der Waals surface area contributed by atoms with Crippen molar-refractivity contribution in [2.24, 2.45) is 0 Å². The summed E-state index contributed by atoms with van der Waals surface area (Å²) in [6.45, 7) is 1.77. The first kappa shape index (κ1) is 14.6. The number of rotatable bonds is 2. The van der Waals surface area contributed by atoms with Crippen LogP contribution in [0.15, 0.2) is 30.3 Å². The molecule has 0 saturated carbocycles. The molecule has 6 heteroatoms. The van der Waals surface area contributed by atoms with E-state index in [4.69, 9.17) is 28.9 Å². The number of amides is 1. The number of hydrogen-bond donors (Lipinski definition) is 2. The van der Waals surface area contributed by atoms with Crippen LogP contribution in [0.3, 0.4) is 0 Å². The molecule has 3 nitrogen and oxygen atoms in total. The van der Waals surface area contributed by atoms with Gasteiger partial charge in [-0.15, -0.1) is 0 Å². The van der Waals surface area contributed by atoms with Gasteiger partial charge in [-0.05, 0) is 42.8 Å². The number of nitrogens with two attached hydrogens (primary N) is 1. The molecule has 0 aliphatic carbocycles. The van der Waals surface area contributed by atoms with Gasteiger partial charge in [0, 0.05) is 16.9 Å². The van der Waals surface area contributed by atoms with Crippen molar-refractivity contribution in [1.82, 2.24) is 0 Å². The van der Waals surface area contributed by atoms with E-state index in [0.29, 0.717) is 16.9 Å². The molecule has 0 saturated heterocycles. The highest BCUT2D eigenvalue weighted by Crippen LogP contribution is 2.27. The lowest BCUT2D eigenvalue weighted by Gasteiger charge is -2.09. The molecule has 0 heterocycles. The predicted octanol–water partition coefficient (Wildman–Crippen LogP) is 4.28. The Labute approximate surface area is 125 Å². The summed E-state index contributed by atoms with van der Waals surface area (Å²) in [5.74, 6) is -1.06. The molecule has 2 aromatic rings. The van der Waals surface area contributed by atoms with Crippen molar-refractivity contribution in [2.45, 2.75) is 6.92 Å². The third-order valence-electron chi connectivity index (χ3n) is 2.74. The number of hydrogen-bond acceptors (Lipinski definition) is 2. The number of aryl methyl sites for hydroxylation is 1. The zero-order valence-electron chi connectivity index (χ0n) is 10.5. The van der Waals surface area contributed by atoms with Gasteiger partial charge in [0.05, 0.1) is 10.0 Å². The molecule has 0 radical (unpaired) electrons. The standard InChI is InChI=1S/C14H11Cl2FN2O/c1-7-4-8(18)2-3-10(7)14(20)19-9-5-11(15)13(17)12(16)6-9/h2-6H,18H2,1H3,(H,19,20). The van der Waals surface area contributed by atoms with E-state index in [2.05, 4.69) is 5.32 Å². The lowest BCUT2D eigenvalue weighted by molar-refractivity contribution is 0.102. The summed E-state index contributed by atoms with van der Waals surface area (Å²) in [5.41, 5.74) is 7.73. The highest BCUT2D eigenvalue weighted by molar-refractivity contribution is 6.35. The normalized spacial score (nSPS) is 10.4. The average Bonchev–Trinajstić information content (AvgIpc) is 2.35. The summed E-state index contributed by atoms with van der Waals surface area (Å²) in [7, 11) is 0. The van der Waals surface area contributed by atoms with Crippen LogP contribution in [0.1, 0.15) is 15.9 Å². The molecule has 20 heavy (non-hydrogen) atoms. The Morgan fingerprint density at radius 2 is 1.80 bits per heavy atom. The van der Waals surface area contributed by atoms with Crippen molar-refractivity contribution in [3.8, 4) is 0 Å². The highest BCUT2D eigenvalue weighted by Gasteiger charge is 2.12. The largest absolute Gasteiger partial charge is 0.399 e. The summed E-state index contributed by atoms with van der Waals surface area (Å²) >= 11 is 11.3. The SMILES string of the molecule is Cc1cc(N)ccc1C(=O)Nc1cc(Cl)c(F)c(Cl)c1. The molecule has 0 aliphatic heterocycles. The van der Waals surface area contributed by atoms with E-state index in [1.807, 2.05) is 0 Å². The van der Waals surface area contributed by atoms with Gasteiger partial charge < -0.3 is 11.1 Å². The number of nitrogens with one attached hydrogen (secondary N) is 1. The van der Waals surface area contributed by atoms with Crippen LogP contribution in [-0.4, -0.2) is 5.91 Å².